The molecule has 0 aliphatic heterocycles. The number of hydrogen-bond donors (Lipinski definition) is 0. The third kappa shape index (κ3) is 3.72. The fourth-order valence-corrected chi connectivity index (χ4v) is 2.53. The molecule has 3 atom stereocenters. The van der Waals surface area contributed by atoms with E-state index in [9.17, 15) is 4.79 Å². The molecule has 0 aliphatic rings. The maximum Gasteiger partial charge on any atom is 0.153 e. The maximum atomic E-state index is 11.5. The molecule has 0 bridgehead atoms. The Morgan fingerprint density at radius 3 is 2.31 bits per heavy atom. The van der Waals surface area contributed by atoms with Crippen LogP contribution in [0.5, 0.6) is 0 Å². The van der Waals surface area contributed by atoms with E-state index in [2.05, 4.69) is 38.1 Å². The number of carbonyl (C=O) groups is 1. The minimum absolute atomic E-state index is 0.194. The minimum Gasteiger partial charge on any atom is -0.295 e. The van der Waals surface area contributed by atoms with Gasteiger partial charge in [-0.2, -0.15) is 0 Å². The molecule has 0 fully saturated rings. The highest BCUT2D eigenvalue weighted by Crippen LogP contribution is 2.27. The Morgan fingerprint density at radius 2 is 1.81 bits per heavy atom. The second-order valence-electron chi connectivity index (χ2n) is 4.56. The number of carbonyl (C=O) groups excluding carboxylic acids is 1. The first kappa shape index (κ1) is 13.4. The Hall–Kier alpha value is -0.680. The Morgan fingerprint density at radius 1 is 1.25 bits per heavy atom. The van der Waals surface area contributed by atoms with Crippen molar-refractivity contribution in [2.45, 2.75) is 33.1 Å². The van der Waals surface area contributed by atoms with Crippen LogP contribution < -0.4 is 0 Å². The fraction of sp³-hybridized carbons (Fsp3) is 0.500. The summed E-state index contributed by atoms with van der Waals surface area (Å²) in [5.41, 5.74) is 3.03. The molecule has 1 aromatic carbocycles. The fourth-order valence-electron chi connectivity index (χ4n) is 1.91. The van der Waals surface area contributed by atoms with E-state index in [1.165, 1.54) is 11.1 Å². The average Bonchev–Trinajstić information content (AvgIpc) is 2.28. The smallest absolute Gasteiger partial charge is 0.153 e. The molecule has 16 heavy (non-hydrogen) atoms. The second kappa shape index (κ2) is 6.15. The van der Waals surface area contributed by atoms with Crippen LogP contribution in [0.3, 0.4) is 0 Å². The molecule has 1 nitrogen and oxygen atoms in total. The lowest BCUT2D eigenvalue weighted by Crippen LogP contribution is -2.09. The van der Waals surface area contributed by atoms with Crippen LogP contribution in [0.1, 0.15) is 37.3 Å². The molecule has 0 amide bonds. The van der Waals surface area contributed by atoms with Gasteiger partial charge in [0.15, 0.2) is 5.52 Å². The van der Waals surface area contributed by atoms with Gasteiger partial charge in [0.05, 0.1) is 0 Å². The van der Waals surface area contributed by atoms with E-state index >= 15 is 0 Å². The van der Waals surface area contributed by atoms with Gasteiger partial charge in [0.25, 0.3) is 0 Å². The summed E-state index contributed by atoms with van der Waals surface area (Å²) in [6.07, 6.45) is 0.961. The summed E-state index contributed by atoms with van der Waals surface area (Å²) in [6.45, 7) is 8.31. The Bertz CT molecular complexity index is 342. The van der Waals surface area contributed by atoms with Gasteiger partial charge >= 0.3 is 0 Å². The van der Waals surface area contributed by atoms with Gasteiger partial charge in [-0.25, -0.2) is 0 Å². The molecule has 3 unspecified atom stereocenters. The van der Waals surface area contributed by atoms with E-state index in [-0.39, 0.29) is 5.92 Å². The van der Waals surface area contributed by atoms with Gasteiger partial charge in [-0.15, -0.1) is 0 Å². The molecule has 88 valence electrons. The van der Waals surface area contributed by atoms with E-state index in [1.54, 1.807) is 0 Å². The van der Waals surface area contributed by atoms with Crippen molar-refractivity contribution in [3.63, 3.8) is 0 Å². The lowest BCUT2D eigenvalue weighted by Gasteiger charge is -2.16. The van der Waals surface area contributed by atoms with Crippen LogP contribution in [0.15, 0.2) is 24.3 Å². The molecule has 2 heteroatoms. The molecule has 0 saturated carbocycles. The van der Waals surface area contributed by atoms with Gasteiger partial charge in [0.2, 0.25) is 0 Å². The molecule has 0 saturated heterocycles. The third-order valence-electron chi connectivity index (χ3n) is 3.05. The van der Waals surface area contributed by atoms with Crippen LogP contribution >= 0.6 is 8.58 Å². The van der Waals surface area contributed by atoms with Gasteiger partial charge in [-0.3, -0.25) is 4.79 Å². The van der Waals surface area contributed by atoms with Crippen LogP contribution in [0.2, 0.25) is 0 Å². The quantitative estimate of drug-likeness (QED) is 0.707. The molecule has 0 N–H and O–H groups in total. The zero-order valence-electron chi connectivity index (χ0n) is 10.6. The second-order valence-corrected chi connectivity index (χ2v) is 5.56. The molecule has 1 aromatic rings. The van der Waals surface area contributed by atoms with Crippen molar-refractivity contribution in [3.05, 3.63) is 35.4 Å². The van der Waals surface area contributed by atoms with E-state index < -0.39 is 0 Å². The zero-order chi connectivity index (χ0) is 12.1. The molecule has 0 heterocycles. The highest BCUT2D eigenvalue weighted by Gasteiger charge is 2.15. The monoisotopic (exact) mass is 236 g/mol. The summed E-state index contributed by atoms with van der Waals surface area (Å²) in [6, 6.07) is 8.62. The van der Waals surface area contributed by atoms with E-state index in [0.717, 1.165) is 6.42 Å². The number of aryl methyl sites for hydroxylation is 1. The predicted octanol–water partition coefficient (Wildman–Crippen LogP) is 3.96. The Kier molecular flexibility index (Phi) is 5.15. The molecule has 1 rings (SSSR count). The molecule has 0 aliphatic carbocycles. The Balaban J connectivity index is 2.61. The molecular weight excluding hydrogens is 215 g/mol. The summed E-state index contributed by atoms with van der Waals surface area (Å²) in [5.74, 6) is 0.663. The van der Waals surface area contributed by atoms with Crippen molar-refractivity contribution in [1.82, 2.24) is 0 Å². The summed E-state index contributed by atoms with van der Waals surface area (Å²) < 4.78 is 0. The molecular formula is C14H21OP. The summed E-state index contributed by atoms with van der Waals surface area (Å²) in [4.78, 5) is 11.5. The lowest BCUT2D eigenvalue weighted by molar-refractivity contribution is -0.114. The van der Waals surface area contributed by atoms with Crippen LogP contribution in [0.4, 0.5) is 0 Å². The minimum atomic E-state index is 0.194. The predicted molar refractivity (Wildman–Crippen MR) is 72.6 cm³/mol. The van der Waals surface area contributed by atoms with Crippen molar-refractivity contribution in [2.24, 2.45) is 5.92 Å². The zero-order valence-corrected chi connectivity index (χ0v) is 11.6. The van der Waals surface area contributed by atoms with Crippen molar-refractivity contribution in [1.29, 1.82) is 0 Å². The van der Waals surface area contributed by atoms with Crippen molar-refractivity contribution < 1.29 is 4.79 Å². The number of rotatable bonds is 5. The SMILES string of the molecule is CPC(=O)C(C)CC(C)c1ccc(C)cc1. The van der Waals surface area contributed by atoms with E-state index in [1.807, 2.05) is 13.6 Å². The number of hydrogen-bond acceptors (Lipinski definition) is 1. The van der Waals surface area contributed by atoms with Crippen molar-refractivity contribution >= 4 is 14.1 Å². The van der Waals surface area contributed by atoms with Crippen LogP contribution in [-0.2, 0) is 4.79 Å². The normalized spacial score (nSPS) is 15.2. The number of benzene rings is 1. The van der Waals surface area contributed by atoms with Gasteiger partial charge < -0.3 is 0 Å². The first-order chi connectivity index (χ1) is 7.54. The first-order valence-corrected chi connectivity index (χ1v) is 7.32. The summed E-state index contributed by atoms with van der Waals surface area (Å²) in [7, 11) is 0.428. The molecule has 0 spiro atoms. The summed E-state index contributed by atoms with van der Waals surface area (Å²) in [5, 5.41) is 0. The Labute approximate surface area is 100 Å². The van der Waals surface area contributed by atoms with Crippen LogP contribution in [0, 0.1) is 12.8 Å². The lowest BCUT2D eigenvalue weighted by atomic mass is 9.91. The molecule has 0 radical (unpaired) electrons. The van der Waals surface area contributed by atoms with Crippen LogP contribution in [0.25, 0.3) is 0 Å². The third-order valence-corrected chi connectivity index (χ3v) is 4.03. The first-order valence-electron chi connectivity index (χ1n) is 5.82. The van der Waals surface area contributed by atoms with Gasteiger partial charge in [-0.05, 0) is 31.5 Å². The standard InChI is InChI=1S/C14H21OP/c1-10-5-7-13(8-6-10)11(2)9-12(3)14(15)16-4/h5-8,11-12,16H,9H2,1-4H3. The van der Waals surface area contributed by atoms with Gasteiger partial charge in [0, 0.05) is 5.92 Å². The highest BCUT2D eigenvalue weighted by atomic mass is 31.1. The average molecular weight is 236 g/mol. The topological polar surface area (TPSA) is 17.1 Å². The van der Waals surface area contributed by atoms with Gasteiger partial charge in [0.1, 0.15) is 0 Å². The maximum absolute atomic E-state index is 11.5. The van der Waals surface area contributed by atoms with Gasteiger partial charge in [-0.1, -0.05) is 52.3 Å². The van der Waals surface area contributed by atoms with E-state index in [4.69, 9.17) is 0 Å². The van der Waals surface area contributed by atoms with E-state index in [0.29, 0.717) is 20.0 Å². The van der Waals surface area contributed by atoms with Crippen molar-refractivity contribution in [2.75, 3.05) is 6.66 Å². The van der Waals surface area contributed by atoms with Crippen LogP contribution in [-0.4, -0.2) is 12.2 Å². The largest absolute Gasteiger partial charge is 0.295 e. The summed E-state index contributed by atoms with van der Waals surface area (Å²) >= 11 is 0. The molecule has 0 aromatic heterocycles. The van der Waals surface area contributed by atoms with Crippen molar-refractivity contribution in [3.8, 4) is 0 Å². The highest BCUT2D eigenvalue weighted by molar-refractivity contribution is 7.57.